The Morgan fingerprint density at radius 1 is 0.793 bits per heavy atom. The minimum atomic E-state index is -0.686. The molecule has 0 atom stereocenters. The molecule has 5 aromatic rings. The Hall–Kier alpha value is -3.46. The van der Waals surface area contributed by atoms with Crippen LogP contribution < -0.4 is 0 Å². The van der Waals surface area contributed by atoms with E-state index in [0.29, 0.717) is 0 Å². The molecule has 0 amide bonds. The van der Waals surface area contributed by atoms with Gasteiger partial charge in [-0.2, -0.15) is 0 Å². The Bertz CT molecular complexity index is 1380. The molecule has 0 aliphatic carbocycles. The number of furan rings is 1. The Morgan fingerprint density at radius 3 is 2.10 bits per heavy atom. The number of fused-ring (bicyclic) bond motifs is 3. The van der Waals surface area contributed by atoms with Crippen LogP contribution in [0.4, 0.5) is 4.39 Å². The third kappa shape index (κ3) is 3.19. The third-order valence-corrected chi connectivity index (χ3v) is 5.28. The number of pyridine rings is 1. The zero-order valence-corrected chi connectivity index (χ0v) is 16.2. The number of benzene rings is 3. The number of nitrogens with zero attached hydrogens (tertiary/aromatic N) is 1. The first kappa shape index (κ1) is 16.5. The van der Waals surface area contributed by atoms with Crippen LogP contribution >= 0.6 is 0 Å². The molecule has 142 valence electrons. The summed E-state index contributed by atoms with van der Waals surface area (Å²) in [6.07, 6.45) is 1.76. The maximum Gasteiger partial charge on any atom is 0.135 e. The predicted molar refractivity (Wildman–Crippen MR) is 116 cm³/mol. The van der Waals surface area contributed by atoms with Gasteiger partial charge in [-0.05, 0) is 77.2 Å². The second kappa shape index (κ2) is 6.85. The number of aromatic nitrogens is 1. The molecule has 0 aliphatic rings. The molecule has 0 bridgehead atoms. The van der Waals surface area contributed by atoms with Crippen molar-refractivity contribution in [1.29, 1.82) is 0 Å². The van der Waals surface area contributed by atoms with Crippen LogP contribution in [0.15, 0.2) is 83.4 Å². The van der Waals surface area contributed by atoms with Gasteiger partial charge in [0.1, 0.15) is 17.0 Å². The summed E-state index contributed by atoms with van der Waals surface area (Å²) in [5.74, 6) is -0.933. The summed E-state index contributed by atoms with van der Waals surface area (Å²) in [6, 6.07) is 22.4. The van der Waals surface area contributed by atoms with Gasteiger partial charge in [-0.1, -0.05) is 32.0 Å². The summed E-state index contributed by atoms with van der Waals surface area (Å²) >= 11 is 0. The van der Waals surface area contributed by atoms with Crippen molar-refractivity contribution in [1.82, 2.24) is 4.98 Å². The van der Waals surface area contributed by atoms with E-state index >= 15 is 0 Å². The standard InChI is InChI=1S/C26H20FNO/c1-16(2)18-11-12-28-24(15-18)20-6-10-26-23(14-20)22-13-19(5-9-25(22)29-26)17-3-7-21(27)8-4-17/h3-16H,1-2H3/i16D. The Morgan fingerprint density at radius 2 is 1.41 bits per heavy atom. The molecule has 0 radical (unpaired) electrons. The number of rotatable bonds is 3. The van der Waals surface area contributed by atoms with Gasteiger partial charge < -0.3 is 4.42 Å². The lowest BCUT2D eigenvalue weighted by molar-refractivity contribution is 0.628. The minimum Gasteiger partial charge on any atom is -0.456 e. The molecular weight excluding hydrogens is 361 g/mol. The lowest BCUT2D eigenvalue weighted by atomic mass is 9.99. The van der Waals surface area contributed by atoms with E-state index in [1.807, 2.05) is 50.2 Å². The number of hydrogen-bond acceptors (Lipinski definition) is 2. The van der Waals surface area contributed by atoms with Crippen LogP contribution in [0.1, 0.15) is 26.7 Å². The van der Waals surface area contributed by atoms with Crippen molar-refractivity contribution >= 4 is 21.9 Å². The molecule has 3 heteroatoms. The fraction of sp³-hybridized carbons (Fsp3) is 0.115. The maximum absolute atomic E-state index is 13.3. The first-order chi connectivity index (χ1) is 14.4. The van der Waals surface area contributed by atoms with Gasteiger partial charge in [-0.3, -0.25) is 4.98 Å². The van der Waals surface area contributed by atoms with Gasteiger partial charge in [0.15, 0.2) is 0 Å². The Labute approximate surface area is 170 Å². The number of hydrogen-bond donors (Lipinski definition) is 0. The Balaban J connectivity index is 1.65. The quantitative estimate of drug-likeness (QED) is 0.321. The fourth-order valence-electron chi connectivity index (χ4n) is 3.66. The van der Waals surface area contributed by atoms with Gasteiger partial charge in [0.25, 0.3) is 0 Å². The molecule has 0 aliphatic heterocycles. The molecule has 0 saturated heterocycles. The largest absolute Gasteiger partial charge is 0.456 e. The normalized spacial score (nSPS) is 12.4. The molecule has 2 nitrogen and oxygen atoms in total. The van der Waals surface area contributed by atoms with Crippen molar-refractivity contribution in [3.8, 4) is 22.4 Å². The monoisotopic (exact) mass is 382 g/mol. The highest BCUT2D eigenvalue weighted by Gasteiger charge is 2.11. The summed E-state index contributed by atoms with van der Waals surface area (Å²) in [6.45, 7) is 3.74. The Kier molecular flexibility index (Phi) is 3.90. The van der Waals surface area contributed by atoms with Gasteiger partial charge in [0.2, 0.25) is 0 Å². The van der Waals surface area contributed by atoms with E-state index in [0.717, 1.165) is 49.9 Å². The van der Waals surface area contributed by atoms with Crippen molar-refractivity contribution < 1.29 is 10.2 Å². The van der Waals surface area contributed by atoms with Crippen LogP contribution in [0, 0.1) is 5.82 Å². The third-order valence-electron chi connectivity index (χ3n) is 5.28. The second-order valence-corrected chi connectivity index (χ2v) is 7.46. The smallest absolute Gasteiger partial charge is 0.135 e. The fourth-order valence-corrected chi connectivity index (χ4v) is 3.66. The van der Waals surface area contributed by atoms with Crippen LogP contribution in [0.25, 0.3) is 44.3 Å². The highest BCUT2D eigenvalue weighted by Crippen LogP contribution is 2.35. The molecule has 5 rings (SSSR count). The molecule has 0 unspecified atom stereocenters. The molecular formula is C26H20FNO. The summed E-state index contributed by atoms with van der Waals surface area (Å²) in [4.78, 5) is 4.52. The van der Waals surface area contributed by atoms with Crippen molar-refractivity contribution in [2.45, 2.75) is 19.7 Å². The van der Waals surface area contributed by atoms with Crippen molar-refractivity contribution in [2.75, 3.05) is 0 Å². The molecule has 0 N–H and O–H groups in total. The molecule has 2 heterocycles. The zero-order valence-electron chi connectivity index (χ0n) is 17.2. The van der Waals surface area contributed by atoms with Crippen LogP contribution in [0.2, 0.25) is 0 Å². The van der Waals surface area contributed by atoms with E-state index in [9.17, 15) is 4.39 Å². The van der Waals surface area contributed by atoms with E-state index in [-0.39, 0.29) is 5.82 Å². The average Bonchev–Trinajstić information content (AvgIpc) is 3.11. The van der Waals surface area contributed by atoms with E-state index < -0.39 is 5.89 Å². The van der Waals surface area contributed by atoms with E-state index in [1.165, 1.54) is 12.1 Å². The molecule has 29 heavy (non-hydrogen) atoms. The highest BCUT2D eigenvalue weighted by molar-refractivity contribution is 6.07. The van der Waals surface area contributed by atoms with Crippen LogP contribution in [-0.2, 0) is 0 Å². The summed E-state index contributed by atoms with van der Waals surface area (Å²) in [5.41, 5.74) is 6.30. The predicted octanol–water partition coefficient (Wildman–Crippen LogP) is 7.58. The zero-order chi connectivity index (χ0) is 20.9. The van der Waals surface area contributed by atoms with E-state index in [4.69, 9.17) is 5.79 Å². The van der Waals surface area contributed by atoms with Gasteiger partial charge in [0, 0.05) is 23.9 Å². The highest BCUT2D eigenvalue weighted by atomic mass is 19.1. The van der Waals surface area contributed by atoms with Crippen LogP contribution in [-0.4, -0.2) is 4.98 Å². The molecule has 0 saturated carbocycles. The lowest BCUT2D eigenvalue weighted by Crippen LogP contribution is -1.90. The van der Waals surface area contributed by atoms with Gasteiger partial charge >= 0.3 is 0 Å². The van der Waals surface area contributed by atoms with Gasteiger partial charge in [0.05, 0.1) is 5.69 Å². The van der Waals surface area contributed by atoms with E-state index in [2.05, 4.69) is 17.1 Å². The van der Waals surface area contributed by atoms with Crippen LogP contribution in [0.3, 0.4) is 0 Å². The van der Waals surface area contributed by atoms with Crippen molar-refractivity contribution in [3.63, 3.8) is 0 Å². The SMILES string of the molecule is [2H]C(C)(C)c1ccnc(-c2ccc3oc4ccc(-c5ccc(F)cc5)cc4c3c2)c1. The second-order valence-electron chi connectivity index (χ2n) is 7.46. The first-order valence-electron chi connectivity index (χ1n) is 10.1. The topological polar surface area (TPSA) is 26.0 Å². The van der Waals surface area contributed by atoms with Crippen molar-refractivity contribution in [3.05, 3.63) is 90.4 Å². The first-order valence-corrected chi connectivity index (χ1v) is 9.58. The van der Waals surface area contributed by atoms with Gasteiger partial charge in [-0.25, -0.2) is 4.39 Å². The molecule has 0 spiro atoms. The van der Waals surface area contributed by atoms with Crippen molar-refractivity contribution in [2.24, 2.45) is 0 Å². The molecule has 0 fully saturated rings. The number of halogens is 1. The summed E-state index contributed by atoms with van der Waals surface area (Å²) < 4.78 is 27.6. The average molecular weight is 382 g/mol. The summed E-state index contributed by atoms with van der Waals surface area (Å²) in [5, 5.41) is 2.01. The van der Waals surface area contributed by atoms with Crippen LogP contribution in [0.5, 0.6) is 0 Å². The minimum absolute atomic E-state index is 0.246. The maximum atomic E-state index is 13.3. The lowest BCUT2D eigenvalue weighted by Gasteiger charge is -2.07. The summed E-state index contributed by atoms with van der Waals surface area (Å²) in [7, 11) is 0. The molecule has 3 aromatic carbocycles. The molecule has 2 aromatic heterocycles. The van der Waals surface area contributed by atoms with Gasteiger partial charge in [-0.15, -0.1) is 0 Å². The van der Waals surface area contributed by atoms with E-state index in [1.54, 1.807) is 18.3 Å².